The first-order valence-corrected chi connectivity index (χ1v) is 8.34. The smallest absolute Gasteiger partial charge is 0.320 e. The zero-order valence-corrected chi connectivity index (χ0v) is 14.3. The van der Waals surface area contributed by atoms with Gasteiger partial charge in [0.25, 0.3) is 0 Å². The lowest BCUT2D eigenvalue weighted by Crippen LogP contribution is -2.46. The third-order valence-corrected chi connectivity index (χ3v) is 4.44. The van der Waals surface area contributed by atoms with Crippen molar-refractivity contribution in [2.45, 2.75) is 57.9 Å². The minimum absolute atomic E-state index is 0.165. The second-order valence-electron chi connectivity index (χ2n) is 6.67. The zero-order chi connectivity index (χ0) is 17.2. The maximum Gasteiger partial charge on any atom is 0.320 e. The average molecular weight is 329 g/mol. The van der Waals surface area contributed by atoms with Crippen LogP contribution < -0.4 is 10.6 Å². The van der Waals surface area contributed by atoms with E-state index >= 15 is 0 Å². The lowest BCUT2D eigenvalue weighted by atomic mass is 9.97. The molecule has 7 nitrogen and oxygen atoms in total. The largest absolute Gasteiger partial charge is 0.339 e. The Kier molecular flexibility index (Phi) is 4.51. The molecule has 0 spiro atoms. The van der Waals surface area contributed by atoms with E-state index in [4.69, 9.17) is 4.52 Å². The van der Waals surface area contributed by atoms with E-state index in [0.717, 1.165) is 36.9 Å². The molecule has 0 atom stereocenters. The van der Waals surface area contributed by atoms with Crippen LogP contribution in [0.3, 0.4) is 0 Å². The van der Waals surface area contributed by atoms with Crippen molar-refractivity contribution in [3.05, 3.63) is 35.7 Å². The molecule has 0 saturated heterocycles. The van der Waals surface area contributed by atoms with Crippen LogP contribution in [0.5, 0.6) is 0 Å². The number of amides is 2. The number of carbonyl (C=O) groups excluding carboxylic acids is 1. The number of urea groups is 1. The number of aromatic nitrogens is 3. The molecule has 2 amide bonds. The summed E-state index contributed by atoms with van der Waals surface area (Å²) < 4.78 is 5.34. The van der Waals surface area contributed by atoms with Gasteiger partial charge >= 0.3 is 6.03 Å². The predicted molar refractivity (Wildman–Crippen MR) is 89.7 cm³/mol. The number of nitrogens with zero attached hydrogens (tertiary/aromatic N) is 3. The van der Waals surface area contributed by atoms with Crippen molar-refractivity contribution in [1.29, 1.82) is 0 Å². The highest BCUT2D eigenvalue weighted by atomic mass is 16.5. The highest BCUT2D eigenvalue weighted by Gasteiger charge is 2.41. The van der Waals surface area contributed by atoms with Crippen molar-refractivity contribution in [2.24, 2.45) is 0 Å². The van der Waals surface area contributed by atoms with Crippen LogP contribution in [0.25, 0.3) is 0 Å². The molecule has 2 aromatic rings. The number of anilines is 1. The Hall–Kier alpha value is -2.44. The molecule has 2 heterocycles. The van der Waals surface area contributed by atoms with Gasteiger partial charge in [-0.2, -0.15) is 4.98 Å². The minimum atomic E-state index is -0.554. The molecule has 0 radical (unpaired) electrons. The van der Waals surface area contributed by atoms with Gasteiger partial charge in [0.1, 0.15) is 5.54 Å². The Morgan fingerprint density at radius 1 is 1.33 bits per heavy atom. The molecule has 0 unspecified atom stereocenters. The van der Waals surface area contributed by atoms with E-state index in [2.05, 4.69) is 25.8 Å². The van der Waals surface area contributed by atoms with E-state index in [1.54, 1.807) is 18.5 Å². The number of nitrogens with one attached hydrogen (secondary N) is 2. The molecule has 128 valence electrons. The monoisotopic (exact) mass is 329 g/mol. The number of pyridine rings is 1. The molecule has 2 N–H and O–H groups in total. The summed E-state index contributed by atoms with van der Waals surface area (Å²) >= 11 is 0. The van der Waals surface area contributed by atoms with E-state index in [-0.39, 0.29) is 11.9 Å². The molecule has 1 saturated carbocycles. The average Bonchev–Trinajstić information content (AvgIpc) is 3.19. The second-order valence-corrected chi connectivity index (χ2v) is 6.67. The fraction of sp³-hybridized carbons (Fsp3) is 0.529. The fourth-order valence-corrected chi connectivity index (χ4v) is 3.03. The van der Waals surface area contributed by atoms with E-state index in [1.807, 2.05) is 20.8 Å². The van der Waals surface area contributed by atoms with Crippen LogP contribution in [0, 0.1) is 6.92 Å². The van der Waals surface area contributed by atoms with E-state index < -0.39 is 5.54 Å². The molecule has 1 aliphatic rings. The summed E-state index contributed by atoms with van der Waals surface area (Å²) in [6.45, 7) is 5.91. The molecule has 0 bridgehead atoms. The normalized spacial score (nSPS) is 16.3. The van der Waals surface area contributed by atoms with Gasteiger partial charge in [-0.25, -0.2) is 4.79 Å². The summed E-state index contributed by atoms with van der Waals surface area (Å²) in [4.78, 5) is 21.1. The summed E-state index contributed by atoms with van der Waals surface area (Å²) in [6.07, 6.45) is 7.05. The fourth-order valence-electron chi connectivity index (χ4n) is 3.03. The number of aryl methyl sites for hydroxylation is 1. The third kappa shape index (κ3) is 3.25. The number of hydrogen-bond donors (Lipinski definition) is 2. The maximum absolute atomic E-state index is 12.5. The summed E-state index contributed by atoms with van der Waals surface area (Å²) in [6, 6.07) is 1.52. The van der Waals surface area contributed by atoms with Crippen LogP contribution in [0.2, 0.25) is 0 Å². The van der Waals surface area contributed by atoms with Crippen LogP contribution in [0.15, 0.2) is 23.0 Å². The number of hydrogen-bond acceptors (Lipinski definition) is 5. The summed E-state index contributed by atoms with van der Waals surface area (Å²) in [7, 11) is 0. The van der Waals surface area contributed by atoms with Crippen molar-refractivity contribution in [3.63, 3.8) is 0 Å². The van der Waals surface area contributed by atoms with Gasteiger partial charge in [0.2, 0.25) is 5.89 Å². The Morgan fingerprint density at radius 2 is 2.08 bits per heavy atom. The number of carbonyl (C=O) groups is 1. The quantitative estimate of drug-likeness (QED) is 0.895. The van der Waals surface area contributed by atoms with Crippen molar-refractivity contribution >= 4 is 11.7 Å². The topological polar surface area (TPSA) is 92.9 Å². The predicted octanol–water partition coefficient (Wildman–Crippen LogP) is 3.49. The van der Waals surface area contributed by atoms with Crippen LogP contribution in [-0.4, -0.2) is 21.2 Å². The maximum atomic E-state index is 12.5. The lowest BCUT2D eigenvalue weighted by molar-refractivity contribution is 0.232. The highest BCUT2D eigenvalue weighted by molar-refractivity contribution is 5.90. The Morgan fingerprint density at radius 3 is 2.71 bits per heavy atom. The van der Waals surface area contributed by atoms with Crippen molar-refractivity contribution in [1.82, 2.24) is 20.4 Å². The lowest BCUT2D eigenvalue weighted by Gasteiger charge is -2.27. The molecule has 3 rings (SSSR count). The van der Waals surface area contributed by atoms with Crippen molar-refractivity contribution < 1.29 is 9.32 Å². The van der Waals surface area contributed by atoms with E-state index in [9.17, 15) is 4.79 Å². The molecule has 2 aromatic heterocycles. The first kappa shape index (κ1) is 16.4. The molecule has 24 heavy (non-hydrogen) atoms. The second kappa shape index (κ2) is 6.59. The standard InChI is InChI=1S/C17H23N5O2/c1-11(2)14-20-15(22-24-14)17(7-4-5-8-17)21-16(23)19-13-6-9-18-10-12(13)3/h6,9-11H,4-5,7-8H2,1-3H3,(H2,18,19,21,23). The van der Waals surface area contributed by atoms with Gasteiger partial charge in [-0.1, -0.05) is 31.8 Å². The van der Waals surface area contributed by atoms with Crippen molar-refractivity contribution in [2.75, 3.05) is 5.32 Å². The van der Waals surface area contributed by atoms with Gasteiger partial charge in [-0.05, 0) is 31.4 Å². The van der Waals surface area contributed by atoms with Crippen LogP contribution >= 0.6 is 0 Å². The summed E-state index contributed by atoms with van der Waals surface area (Å²) in [5.74, 6) is 1.34. The van der Waals surface area contributed by atoms with Gasteiger partial charge in [0.15, 0.2) is 5.82 Å². The van der Waals surface area contributed by atoms with E-state index in [1.165, 1.54) is 0 Å². The first-order valence-electron chi connectivity index (χ1n) is 8.34. The van der Waals surface area contributed by atoms with Gasteiger partial charge in [0, 0.05) is 24.0 Å². The highest BCUT2D eigenvalue weighted by Crippen LogP contribution is 2.37. The van der Waals surface area contributed by atoms with Crippen LogP contribution in [0.1, 0.15) is 62.7 Å². The molecule has 0 aromatic carbocycles. The zero-order valence-electron chi connectivity index (χ0n) is 14.3. The van der Waals surface area contributed by atoms with Crippen molar-refractivity contribution in [3.8, 4) is 0 Å². The summed E-state index contributed by atoms with van der Waals surface area (Å²) in [5.41, 5.74) is 1.10. The van der Waals surface area contributed by atoms with Gasteiger partial charge < -0.3 is 15.2 Å². The van der Waals surface area contributed by atoms with Crippen LogP contribution in [-0.2, 0) is 5.54 Å². The Balaban J connectivity index is 1.78. The Labute approximate surface area is 141 Å². The number of rotatable bonds is 4. The SMILES string of the molecule is Cc1cnccc1NC(=O)NC1(c2noc(C(C)C)n2)CCCC1. The molecular weight excluding hydrogens is 306 g/mol. The molecule has 7 heteroatoms. The first-order chi connectivity index (χ1) is 11.5. The minimum Gasteiger partial charge on any atom is -0.339 e. The molecule has 1 fully saturated rings. The van der Waals surface area contributed by atoms with Gasteiger partial charge in [-0.3, -0.25) is 4.98 Å². The van der Waals surface area contributed by atoms with E-state index in [0.29, 0.717) is 11.7 Å². The van der Waals surface area contributed by atoms with Gasteiger partial charge in [0.05, 0.1) is 0 Å². The third-order valence-electron chi connectivity index (χ3n) is 4.44. The molecular formula is C17H23N5O2. The summed E-state index contributed by atoms with van der Waals surface area (Å²) in [5, 5.41) is 10.1. The molecule has 1 aliphatic carbocycles. The van der Waals surface area contributed by atoms with Crippen LogP contribution in [0.4, 0.5) is 10.5 Å². The van der Waals surface area contributed by atoms with Gasteiger partial charge in [-0.15, -0.1) is 0 Å². The Bertz CT molecular complexity index is 719. The molecule has 0 aliphatic heterocycles.